The lowest BCUT2D eigenvalue weighted by atomic mass is 9.98. The van der Waals surface area contributed by atoms with Gasteiger partial charge in [-0.3, -0.25) is 4.79 Å². The van der Waals surface area contributed by atoms with Crippen molar-refractivity contribution in [1.82, 2.24) is 5.32 Å². The van der Waals surface area contributed by atoms with E-state index in [1.165, 1.54) is 0 Å². The summed E-state index contributed by atoms with van der Waals surface area (Å²) in [6, 6.07) is 5.78. The van der Waals surface area contributed by atoms with Gasteiger partial charge >= 0.3 is 0 Å². The zero-order chi connectivity index (χ0) is 14.7. The number of ether oxygens (including phenoxy) is 3. The van der Waals surface area contributed by atoms with Crippen molar-refractivity contribution in [3.8, 4) is 11.5 Å². The first-order valence-corrected chi connectivity index (χ1v) is 7.51. The maximum absolute atomic E-state index is 12.2. The van der Waals surface area contributed by atoms with E-state index in [9.17, 15) is 4.79 Å². The molecular weight excluding hydrogens is 270 g/mol. The van der Waals surface area contributed by atoms with Crippen LogP contribution in [0.2, 0.25) is 0 Å². The molecule has 2 aliphatic rings. The lowest BCUT2D eigenvalue weighted by Crippen LogP contribution is -2.35. The number of hydrogen-bond acceptors (Lipinski definition) is 4. The van der Waals surface area contributed by atoms with Crippen molar-refractivity contribution in [2.75, 3.05) is 26.4 Å². The number of amides is 1. The molecule has 0 unspecified atom stereocenters. The van der Waals surface area contributed by atoms with Crippen LogP contribution in [0.15, 0.2) is 18.2 Å². The molecule has 1 atom stereocenters. The smallest absolute Gasteiger partial charge is 0.223 e. The fraction of sp³-hybridized carbons (Fsp3) is 0.562. The van der Waals surface area contributed by atoms with Crippen LogP contribution in [-0.2, 0) is 9.53 Å². The van der Waals surface area contributed by atoms with Gasteiger partial charge in [0.15, 0.2) is 11.5 Å². The fourth-order valence-corrected chi connectivity index (χ4v) is 2.70. The van der Waals surface area contributed by atoms with Gasteiger partial charge in [0.2, 0.25) is 5.91 Å². The first-order chi connectivity index (χ1) is 10.2. The van der Waals surface area contributed by atoms with Gasteiger partial charge in [-0.25, -0.2) is 0 Å². The van der Waals surface area contributed by atoms with Gasteiger partial charge in [-0.1, -0.05) is 6.07 Å². The van der Waals surface area contributed by atoms with Crippen molar-refractivity contribution in [3.63, 3.8) is 0 Å². The quantitative estimate of drug-likeness (QED) is 0.926. The summed E-state index contributed by atoms with van der Waals surface area (Å²) < 4.78 is 16.4. The number of nitrogens with one attached hydrogen (secondary N) is 1. The summed E-state index contributed by atoms with van der Waals surface area (Å²) in [6.45, 7) is 4.50. The van der Waals surface area contributed by atoms with E-state index in [-0.39, 0.29) is 17.9 Å². The molecule has 1 N–H and O–H groups in total. The van der Waals surface area contributed by atoms with Crippen LogP contribution in [0, 0.1) is 5.92 Å². The van der Waals surface area contributed by atoms with Gasteiger partial charge in [0, 0.05) is 19.1 Å². The predicted molar refractivity (Wildman–Crippen MR) is 77.5 cm³/mol. The highest BCUT2D eigenvalue weighted by molar-refractivity contribution is 5.79. The van der Waals surface area contributed by atoms with Crippen molar-refractivity contribution in [1.29, 1.82) is 0 Å². The minimum atomic E-state index is -0.0452. The van der Waals surface area contributed by atoms with Gasteiger partial charge in [-0.15, -0.1) is 0 Å². The summed E-state index contributed by atoms with van der Waals surface area (Å²) in [5.41, 5.74) is 1.03. The molecule has 5 heteroatoms. The first-order valence-electron chi connectivity index (χ1n) is 7.51. The molecule has 1 aromatic rings. The Morgan fingerprint density at radius 3 is 2.62 bits per heavy atom. The second-order valence-electron chi connectivity index (χ2n) is 5.52. The van der Waals surface area contributed by atoms with Crippen molar-refractivity contribution in [3.05, 3.63) is 23.8 Å². The summed E-state index contributed by atoms with van der Waals surface area (Å²) in [4.78, 5) is 12.2. The van der Waals surface area contributed by atoms with Crippen LogP contribution in [0.1, 0.15) is 31.4 Å². The van der Waals surface area contributed by atoms with E-state index >= 15 is 0 Å². The second-order valence-corrected chi connectivity index (χ2v) is 5.52. The van der Waals surface area contributed by atoms with E-state index in [1.54, 1.807) is 0 Å². The fourth-order valence-electron chi connectivity index (χ4n) is 2.70. The lowest BCUT2D eigenvalue weighted by molar-refractivity contribution is -0.128. The average Bonchev–Trinajstić information content (AvgIpc) is 2.55. The highest BCUT2D eigenvalue weighted by Crippen LogP contribution is 2.32. The highest BCUT2D eigenvalue weighted by Gasteiger charge is 2.23. The normalized spacial score (nSPS) is 19.9. The summed E-state index contributed by atoms with van der Waals surface area (Å²) in [7, 11) is 0. The van der Waals surface area contributed by atoms with Crippen LogP contribution in [0.25, 0.3) is 0 Å². The maximum atomic E-state index is 12.2. The number of fused-ring (bicyclic) bond motifs is 1. The van der Waals surface area contributed by atoms with Crippen LogP contribution in [-0.4, -0.2) is 32.3 Å². The Balaban J connectivity index is 1.64. The van der Waals surface area contributed by atoms with Crippen LogP contribution >= 0.6 is 0 Å². The van der Waals surface area contributed by atoms with Crippen molar-refractivity contribution >= 4 is 5.91 Å². The van der Waals surface area contributed by atoms with Crippen LogP contribution < -0.4 is 14.8 Å². The van der Waals surface area contributed by atoms with Gasteiger partial charge in [-0.2, -0.15) is 0 Å². The molecule has 2 aliphatic heterocycles. The number of benzene rings is 1. The third kappa shape index (κ3) is 3.29. The molecule has 1 fully saturated rings. The SMILES string of the molecule is C[C@H](NC(=O)C1CCOCC1)c1ccc2c(c1)OCCO2. The largest absolute Gasteiger partial charge is 0.486 e. The topological polar surface area (TPSA) is 56.8 Å². The van der Waals surface area contributed by atoms with Gasteiger partial charge in [0.25, 0.3) is 0 Å². The van der Waals surface area contributed by atoms with Gasteiger partial charge in [0.1, 0.15) is 13.2 Å². The standard InChI is InChI=1S/C16H21NO4/c1-11(17-16(18)12-4-6-19-7-5-12)13-2-3-14-15(10-13)21-9-8-20-14/h2-3,10-12H,4-9H2,1H3,(H,17,18)/t11-/m0/s1. The summed E-state index contributed by atoms with van der Waals surface area (Å²) in [5.74, 6) is 1.71. The molecule has 0 spiro atoms. The monoisotopic (exact) mass is 291 g/mol. The van der Waals surface area contributed by atoms with E-state index in [4.69, 9.17) is 14.2 Å². The Labute approximate surface area is 124 Å². The zero-order valence-electron chi connectivity index (χ0n) is 12.3. The molecule has 5 nitrogen and oxygen atoms in total. The Morgan fingerprint density at radius 1 is 1.14 bits per heavy atom. The average molecular weight is 291 g/mol. The van der Waals surface area contributed by atoms with E-state index in [0.29, 0.717) is 26.4 Å². The first kappa shape index (κ1) is 14.2. The van der Waals surface area contributed by atoms with E-state index in [0.717, 1.165) is 29.9 Å². The molecule has 1 saturated heterocycles. The molecule has 21 heavy (non-hydrogen) atoms. The van der Waals surface area contributed by atoms with Crippen molar-refractivity contribution in [2.45, 2.75) is 25.8 Å². The zero-order valence-corrected chi connectivity index (χ0v) is 12.3. The minimum Gasteiger partial charge on any atom is -0.486 e. The molecule has 2 heterocycles. The Bertz CT molecular complexity index is 511. The van der Waals surface area contributed by atoms with Gasteiger partial charge in [0.05, 0.1) is 6.04 Å². The van der Waals surface area contributed by atoms with E-state index < -0.39 is 0 Å². The molecule has 0 bridgehead atoms. The summed E-state index contributed by atoms with van der Waals surface area (Å²) in [5, 5.41) is 3.08. The van der Waals surface area contributed by atoms with Gasteiger partial charge in [-0.05, 0) is 37.5 Å². The molecule has 1 amide bonds. The minimum absolute atomic E-state index is 0.0452. The van der Waals surface area contributed by atoms with Gasteiger partial charge < -0.3 is 19.5 Å². The lowest BCUT2D eigenvalue weighted by Gasteiger charge is -2.24. The molecule has 0 radical (unpaired) electrons. The summed E-state index contributed by atoms with van der Waals surface area (Å²) >= 11 is 0. The number of carbonyl (C=O) groups is 1. The Morgan fingerprint density at radius 2 is 1.86 bits per heavy atom. The second kappa shape index (κ2) is 6.35. The van der Waals surface area contributed by atoms with E-state index in [2.05, 4.69) is 5.32 Å². The third-order valence-corrected chi connectivity index (χ3v) is 4.02. The molecule has 1 aromatic carbocycles. The Kier molecular flexibility index (Phi) is 4.29. The molecule has 0 aliphatic carbocycles. The third-order valence-electron chi connectivity index (χ3n) is 4.02. The molecule has 114 valence electrons. The van der Waals surface area contributed by atoms with Crippen molar-refractivity contribution < 1.29 is 19.0 Å². The van der Waals surface area contributed by atoms with Crippen LogP contribution in [0.3, 0.4) is 0 Å². The van der Waals surface area contributed by atoms with Crippen LogP contribution in [0.4, 0.5) is 0 Å². The van der Waals surface area contributed by atoms with E-state index in [1.807, 2.05) is 25.1 Å². The predicted octanol–water partition coefficient (Wildman–Crippen LogP) is 2.06. The summed E-state index contributed by atoms with van der Waals surface area (Å²) in [6.07, 6.45) is 1.61. The molecular formula is C16H21NO4. The van der Waals surface area contributed by atoms with Crippen molar-refractivity contribution in [2.24, 2.45) is 5.92 Å². The number of hydrogen-bond donors (Lipinski definition) is 1. The number of rotatable bonds is 3. The number of carbonyl (C=O) groups excluding carboxylic acids is 1. The molecule has 3 rings (SSSR count). The van der Waals surface area contributed by atoms with Crippen LogP contribution in [0.5, 0.6) is 11.5 Å². The molecule has 0 saturated carbocycles. The maximum Gasteiger partial charge on any atom is 0.223 e. The molecule has 0 aromatic heterocycles. The Hall–Kier alpha value is -1.75. The highest BCUT2D eigenvalue weighted by atomic mass is 16.6.